The minimum Gasteiger partial charge on any atom is -0.497 e. The predicted octanol–water partition coefficient (Wildman–Crippen LogP) is 3.92. The fraction of sp³-hybridized carbons (Fsp3) is 0.154. The fourth-order valence-electron chi connectivity index (χ4n) is 1.36. The van der Waals surface area contributed by atoms with Gasteiger partial charge in [0.2, 0.25) is 0 Å². The largest absolute Gasteiger partial charge is 0.497 e. The molecule has 2 aromatic rings. The van der Waals surface area contributed by atoms with Crippen molar-refractivity contribution in [1.29, 1.82) is 5.26 Å². The average molecular weight is 261 g/mol. The molecule has 1 heterocycles. The molecule has 0 amide bonds. The molecule has 0 N–H and O–H groups in total. The number of benzene rings is 1. The number of nitrogens with zero attached hydrogens (tertiary/aromatic N) is 1. The summed E-state index contributed by atoms with van der Waals surface area (Å²) in [6.45, 7) is 0. The van der Waals surface area contributed by atoms with Crippen LogP contribution in [-0.4, -0.2) is 7.11 Å². The third kappa shape index (κ3) is 3.02. The highest BCUT2D eigenvalue weighted by Gasteiger charge is 2.04. The summed E-state index contributed by atoms with van der Waals surface area (Å²) in [5.41, 5.74) is 2.00. The Balaban J connectivity index is 2.00. The van der Waals surface area contributed by atoms with Gasteiger partial charge in [-0.05, 0) is 29.1 Å². The second-order valence-electron chi connectivity index (χ2n) is 3.37. The molecule has 0 bridgehead atoms. The molecule has 2 nitrogen and oxygen atoms in total. The molecule has 0 fully saturated rings. The number of methoxy groups -OCH3 is 1. The minimum absolute atomic E-state index is 0.772. The van der Waals surface area contributed by atoms with E-state index in [1.807, 2.05) is 35.7 Å². The van der Waals surface area contributed by atoms with E-state index in [0.717, 1.165) is 21.3 Å². The maximum atomic E-state index is 8.90. The van der Waals surface area contributed by atoms with Gasteiger partial charge in [0, 0.05) is 5.75 Å². The van der Waals surface area contributed by atoms with Crippen LogP contribution in [0.5, 0.6) is 5.75 Å². The Hall–Kier alpha value is -1.44. The van der Waals surface area contributed by atoms with E-state index >= 15 is 0 Å². The first-order valence-corrected chi connectivity index (χ1v) is 6.93. The molecule has 0 unspecified atom stereocenters. The number of thiophene rings is 1. The SMILES string of the molecule is COc1ccc(CSc2sccc2C#N)cc1. The van der Waals surface area contributed by atoms with E-state index < -0.39 is 0 Å². The highest BCUT2D eigenvalue weighted by atomic mass is 32.2. The Labute approximate surface area is 109 Å². The lowest BCUT2D eigenvalue weighted by Gasteiger charge is -2.02. The normalized spacial score (nSPS) is 9.88. The van der Waals surface area contributed by atoms with Crippen molar-refractivity contribution >= 4 is 23.1 Å². The van der Waals surface area contributed by atoms with E-state index in [0.29, 0.717) is 0 Å². The van der Waals surface area contributed by atoms with Crippen LogP contribution in [0.25, 0.3) is 0 Å². The number of thioether (sulfide) groups is 1. The number of hydrogen-bond acceptors (Lipinski definition) is 4. The summed E-state index contributed by atoms with van der Waals surface area (Å²) in [7, 11) is 1.66. The van der Waals surface area contributed by atoms with Gasteiger partial charge in [0.05, 0.1) is 16.9 Å². The van der Waals surface area contributed by atoms with Gasteiger partial charge in [0.15, 0.2) is 0 Å². The maximum absolute atomic E-state index is 8.90. The van der Waals surface area contributed by atoms with Gasteiger partial charge < -0.3 is 4.74 Å². The molecule has 0 aliphatic heterocycles. The van der Waals surface area contributed by atoms with Crippen LogP contribution in [-0.2, 0) is 5.75 Å². The van der Waals surface area contributed by atoms with Gasteiger partial charge in [-0.2, -0.15) is 5.26 Å². The number of hydrogen-bond donors (Lipinski definition) is 0. The van der Waals surface area contributed by atoms with Gasteiger partial charge >= 0.3 is 0 Å². The predicted molar refractivity (Wildman–Crippen MR) is 71.6 cm³/mol. The quantitative estimate of drug-likeness (QED) is 0.782. The van der Waals surface area contributed by atoms with Crippen LogP contribution in [0, 0.1) is 11.3 Å². The Morgan fingerprint density at radius 3 is 2.71 bits per heavy atom. The van der Waals surface area contributed by atoms with Gasteiger partial charge in [0.1, 0.15) is 11.8 Å². The van der Waals surface area contributed by atoms with Crippen molar-refractivity contribution in [2.45, 2.75) is 9.96 Å². The molecule has 0 spiro atoms. The van der Waals surface area contributed by atoms with E-state index in [1.54, 1.807) is 30.2 Å². The Kier molecular flexibility index (Phi) is 4.08. The molecule has 1 aromatic carbocycles. The molecule has 1 aromatic heterocycles. The van der Waals surface area contributed by atoms with Crippen LogP contribution in [0.4, 0.5) is 0 Å². The third-order valence-electron chi connectivity index (χ3n) is 2.28. The number of nitriles is 1. The lowest BCUT2D eigenvalue weighted by atomic mass is 10.2. The van der Waals surface area contributed by atoms with E-state index in [2.05, 4.69) is 6.07 Å². The lowest BCUT2D eigenvalue weighted by molar-refractivity contribution is 0.414. The standard InChI is InChI=1S/C13H11NOS2/c1-15-12-4-2-10(3-5-12)9-17-13-11(8-14)6-7-16-13/h2-7H,9H2,1H3. The lowest BCUT2D eigenvalue weighted by Crippen LogP contribution is -1.84. The summed E-state index contributed by atoms with van der Waals surface area (Å²) < 4.78 is 6.19. The summed E-state index contributed by atoms with van der Waals surface area (Å²) in [6.07, 6.45) is 0. The minimum atomic E-state index is 0.772. The van der Waals surface area contributed by atoms with Crippen LogP contribution in [0.15, 0.2) is 39.9 Å². The van der Waals surface area contributed by atoms with Crippen molar-refractivity contribution in [3.8, 4) is 11.8 Å². The molecule has 0 saturated carbocycles. The van der Waals surface area contributed by atoms with Gasteiger partial charge in [-0.15, -0.1) is 23.1 Å². The van der Waals surface area contributed by atoms with Crippen LogP contribution in [0.2, 0.25) is 0 Å². The number of rotatable bonds is 4. The molecule has 0 aliphatic rings. The first-order valence-electron chi connectivity index (χ1n) is 5.07. The Morgan fingerprint density at radius 2 is 2.06 bits per heavy atom. The second kappa shape index (κ2) is 5.76. The molecule has 86 valence electrons. The maximum Gasteiger partial charge on any atom is 0.118 e. The Bertz CT molecular complexity index is 525. The first kappa shape index (κ1) is 12.0. The van der Waals surface area contributed by atoms with Crippen molar-refractivity contribution in [2.75, 3.05) is 7.11 Å². The molecule has 4 heteroatoms. The second-order valence-corrected chi connectivity index (χ2v) is 5.53. The molecule has 0 radical (unpaired) electrons. The van der Waals surface area contributed by atoms with Crippen molar-refractivity contribution in [3.05, 3.63) is 46.8 Å². The molecular weight excluding hydrogens is 250 g/mol. The Morgan fingerprint density at radius 1 is 1.29 bits per heavy atom. The number of ether oxygens (including phenoxy) is 1. The van der Waals surface area contributed by atoms with Crippen LogP contribution in [0.1, 0.15) is 11.1 Å². The summed E-state index contributed by atoms with van der Waals surface area (Å²) in [4.78, 5) is 0. The molecule has 0 saturated heterocycles. The smallest absolute Gasteiger partial charge is 0.118 e. The summed E-state index contributed by atoms with van der Waals surface area (Å²) >= 11 is 3.32. The van der Waals surface area contributed by atoms with Crippen LogP contribution >= 0.6 is 23.1 Å². The summed E-state index contributed by atoms with van der Waals surface area (Å²) in [5, 5.41) is 10.9. The topological polar surface area (TPSA) is 33.0 Å². The zero-order chi connectivity index (χ0) is 12.1. The molecule has 2 rings (SSSR count). The highest BCUT2D eigenvalue weighted by molar-refractivity contribution is 8.00. The summed E-state index contributed by atoms with van der Waals surface area (Å²) in [5.74, 6) is 1.74. The van der Waals surface area contributed by atoms with E-state index in [-0.39, 0.29) is 0 Å². The zero-order valence-electron chi connectivity index (χ0n) is 9.34. The van der Waals surface area contributed by atoms with E-state index in [1.165, 1.54) is 5.56 Å². The highest BCUT2D eigenvalue weighted by Crippen LogP contribution is 2.31. The summed E-state index contributed by atoms with van der Waals surface area (Å²) in [6, 6.07) is 12.1. The zero-order valence-corrected chi connectivity index (χ0v) is 11.0. The van der Waals surface area contributed by atoms with Crippen molar-refractivity contribution < 1.29 is 4.74 Å². The van der Waals surface area contributed by atoms with Crippen molar-refractivity contribution in [1.82, 2.24) is 0 Å². The van der Waals surface area contributed by atoms with Crippen molar-refractivity contribution in [3.63, 3.8) is 0 Å². The molecule has 0 aliphatic carbocycles. The monoisotopic (exact) mass is 261 g/mol. The van der Waals surface area contributed by atoms with E-state index in [4.69, 9.17) is 10.00 Å². The molecule has 17 heavy (non-hydrogen) atoms. The first-order chi connectivity index (χ1) is 8.33. The molecule has 0 atom stereocenters. The van der Waals surface area contributed by atoms with Crippen molar-refractivity contribution in [2.24, 2.45) is 0 Å². The van der Waals surface area contributed by atoms with Crippen LogP contribution in [0.3, 0.4) is 0 Å². The van der Waals surface area contributed by atoms with Gasteiger partial charge in [-0.1, -0.05) is 12.1 Å². The average Bonchev–Trinajstić information content (AvgIpc) is 2.84. The molecular formula is C13H11NOS2. The van der Waals surface area contributed by atoms with Gasteiger partial charge in [0.25, 0.3) is 0 Å². The fourth-order valence-corrected chi connectivity index (χ4v) is 3.30. The van der Waals surface area contributed by atoms with Gasteiger partial charge in [-0.25, -0.2) is 0 Å². The van der Waals surface area contributed by atoms with Gasteiger partial charge in [-0.3, -0.25) is 0 Å². The van der Waals surface area contributed by atoms with E-state index in [9.17, 15) is 0 Å². The van der Waals surface area contributed by atoms with Crippen LogP contribution < -0.4 is 4.74 Å². The third-order valence-corrected chi connectivity index (χ3v) is 4.59.